The average molecular weight is 490 g/mol. The standard InChI is InChI=1S/C22H21.C3H6.2ClH.Zr/c1-22(2,3)19-10-8-16(14-19)15-9-11-21-18(12-15)13-17-6-4-5-7-20(17)21;1-3-2;;;/h4-11,14,16H,13H2,1-3H3;1-2H3;2*1H;/q-1;;;;+2/p-2. The van der Waals surface area contributed by atoms with Crippen LogP contribution in [0.2, 0.25) is 0 Å². The van der Waals surface area contributed by atoms with E-state index in [-0.39, 0.29) is 30.2 Å². The van der Waals surface area contributed by atoms with Gasteiger partial charge in [0.25, 0.3) is 0 Å². The van der Waals surface area contributed by atoms with Gasteiger partial charge in [0, 0.05) is 0 Å². The topological polar surface area (TPSA) is 0 Å². The van der Waals surface area contributed by atoms with Crippen LogP contribution in [0, 0.1) is 11.5 Å². The largest absolute Gasteiger partial charge is 1.00 e. The quantitative estimate of drug-likeness (QED) is 0.436. The molecule has 1 unspecified atom stereocenters. The number of benzene rings is 2. The van der Waals surface area contributed by atoms with Gasteiger partial charge in [0.15, 0.2) is 0 Å². The fourth-order valence-corrected chi connectivity index (χ4v) is 3.48. The molecule has 2 aromatic carbocycles. The molecule has 3 heteroatoms. The van der Waals surface area contributed by atoms with Gasteiger partial charge >= 0.3 is 41.3 Å². The van der Waals surface area contributed by atoms with Crippen LogP contribution in [0.1, 0.15) is 57.2 Å². The van der Waals surface area contributed by atoms with Crippen molar-refractivity contribution < 1.29 is 49.0 Å². The summed E-state index contributed by atoms with van der Waals surface area (Å²) in [5.41, 5.74) is 8.47. The van der Waals surface area contributed by atoms with Crippen molar-refractivity contribution >= 4 is 3.21 Å². The molecule has 0 saturated heterocycles. The molecule has 0 fully saturated rings. The SMILES string of the molecule is CC(C)(C)C1=CC(c2[c-]c3c(cc2)-c2ccccc2C3)C=C1.C[C](C)=[Zr+2].[Cl-].[Cl-]. The second-order valence-electron chi connectivity index (χ2n) is 8.40. The molecular formula is C25H27Cl2Zr-. The van der Waals surface area contributed by atoms with E-state index in [1.54, 1.807) is 24.2 Å². The maximum Gasteiger partial charge on any atom is -1.00 e. The van der Waals surface area contributed by atoms with Crippen LogP contribution >= 0.6 is 0 Å². The summed E-state index contributed by atoms with van der Waals surface area (Å²) >= 11 is 1.55. The van der Waals surface area contributed by atoms with Crippen molar-refractivity contribution in [2.75, 3.05) is 0 Å². The van der Waals surface area contributed by atoms with Crippen LogP contribution in [0.3, 0.4) is 0 Å². The Morgan fingerprint density at radius 2 is 1.64 bits per heavy atom. The van der Waals surface area contributed by atoms with E-state index in [1.165, 1.54) is 36.6 Å². The normalized spacial score (nSPS) is 16.0. The molecule has 28 heavy (non-hydrogen) atoms. The molecule has 0 aromatic heterocycles. The van der Waals surface area contributed by atoms with E-state index in [0.29, 0.717) is 5.92 Å². The fraction of sp³-hybridized carbons (Fsp3) is 0.320. The van der Waals surface area contributed by atoms with Crippen LogP contribution in [0.4, 0.5) is 0 Å². The van der Waals surface area contributed by atoms with Crippen molar-refractivity contribution in [2.45, 2.75) is 47.0 Å². The van der Waals surface area contributed by atoms with Gasteiger partial charge in [-0.1, -0.05) is 74.4 Å². The Morgan fingerprint density at radius 3 is 2.25 bits per heavy atom. The average Bonchev–Trinajstić information content (AvgIpc) is 3.18. The van der Waals surface area contributed by atoms with E-state index >= 15 is 0 Å². The van der Waals surface area contributed by atoms with Crippen molar-refractivity contribution in [1.29, 1.82) is 0 Å². The van der Waals surface area contributed by atoms with Crippen molar-refractivity contribution in [3.8, 4) is 11.1 Å². The maximum absolute atomic E-state index is 3.69. The van der Waals surface area contributed by atoms with Crippen molar-refractivity contribution in [1.82, 2.24) is 0 Å². The number of hydrogen-bond donors (Lipinski definition) is 0. The molecule has 0 aliphatic heterocycles. The minimum atomic E-state index is 0. The molecule has 0 radical (unpaired) electrons. The number of allylic oxidation sites excluding steroid dienone is 4. The van der Waals surface area contributed by atoms with Crippen LogP contribution in [-0.2, 0) is 30.7 Å². The van der Waals surface area contributed by atoms with Crippen LogP contribution < -0.4 is 24.8 Å². The van der Waals surface area contributed by atoms with E-state index in [0.717, 1.165) is 6.42 Å². The predicted octanol–water partition coefficient (Wildman–Crippen LogP) is 0.437. The molecule has 0 bridgehead atoms. The van der Waals surface area contributed by atoms with Crippen molar-refractivity contribution in [3.63, 3.8) is 0 Å². The Labute approximate surface area is 197 Å². The van der Waals surface area contributed by atoms with Gasteiger partial charge in [-0.2, -0.15) is 23.8 Å². The van der Waals surface area contributed by atoms with E-state index in [1.807, 2.05) is 0 Å². The zero-order valence-corrected chi connectivity index (χ0v) is 21.2. The summed E-state index contributed by atoms with van der Waals surface area (Å²) in [6.07, 6.45) is 7.99. The first kappa shape index (κ1) is 25.3. The smallest absolute Gasteiger partial charge is 1.00 e. The van der Waals surface area contributed by atoms with Gasteiger partial charge < -0.3 is 24.8 Å². The number of fused-ring (bicyclic) bond motifs is 3. The number of rotatable bonds is 1. The first-order valence-corrected chi connectivity index (χ1v) is 10.5. The molecule has 0 amide bonds. The predicted molar refractivity (Wildman–Crippen MR) is 109 cm³/mol. The van der Waals surface area contributed by atoms with Crippen LogP contribution in [-0.4, -0.2) is 3.21 Å². The summed E-state index contributed by atoms with van der Waals surface area (Å²) in [7, 11) is 0. The summed E-state index contributed by atoms with van der Waals surface area (Å²) in [5.74, 6) is 0.378. The van der Waals surface area contributed by atoms with Gasteiger partial charge in [0.1, 0.15) is 0 Å². The molecule has 0 heterocycles. The van der Waals surface area contributed by atoms with Crippen molar-refractivity contribution in [2.24, 2.45) is 5.41 Å². The Morgan fingerprint density at radius 1 is 1.00 bits per heavy atom. The van der Waals surface area contributed by atoms with Crippen molar-refractivity contribution in [3.05, 3.63) is 83.0 Å². The second-order valence-corrected chi connectivity index (χ2v) is 10.9. The van der Waals surface area contributed by atoms with Crippen LogP contribution in [0.15, 0.2) is 60.2 Å². The summed E-state index contributed by atoms with van der Waals surface area (Å²) in [4.78, 5) is 0. The third kappa shape index (κ3) is 5.88. The Bertz CT molecular complexity index is 897. The van der Waals surface area contributed by atoms with E-state index in [4.69, 9.17) is 0 Å². The third-order valence-electron chi connectivity index (χ3n) is 4.79. The summed E-state index contributed by atoms with van der Waals surface area (Å²) < 4.78 is 1.51. The molecule has 4 rings (SSSR count). The van der Waals surface area contributed by atoms with Gasteiger partial charge in [-0.25, -0.2) is 0 Å². The molecular weight excluding hydrogens is 462 g/mol. The molecule has 146 valence electrons. The zero-order valence-electron chi connectivity index (χ0n) is 17.2. The monoisotopic (exact) mass is 487 g/mol. The number of hydrogen-bond acceptors (Lipinski definition) is 0. The Hall–Kier alpha value is -0.747. The third-order valence-corrected chi connectivity index (χ3v) is 4.79. The maximum atomic E-state index is 3.69. The molecule has 0 nitrogen and oxygen atoms in total. The number of halogens is 2. The first-order valence-electron chi connectivity index (χ1n) is 9.31. The molecule has 0 N–H and O–H groups in total. The van der Waals surface area contributed by atoms with Crippen LogP contribution in [0.5, 0.6) is 0 Å². The van der Waals surface area contributed by atoms with Gasteiger partial charge in [0.2, 0.25) is 0 Å². The fourth-order valence-electron chi connectivity index (χ4n) is 3.48. The molecule has 1 atom stereocenters. The summed E-state index contributed by atoms with van der Waals surface area (Å²) in [6.45, 7) is 11.1. The minimum Gasteiger partial charge on any atom is -1.00 e. The van der Waals surface area contributed by atoms with Gasteiger partial charge in [-0.05, 0) is 23.3 Å². The minimum absolute atomic E-state index is 0. The molecule has 2 aromatic rings. The molecule has 2 aliphatic rings. The second kappa shape index (κ2) is 10.3. The molecule has 0 spiro atoms. The summed E-state index contributed by atoms with van der Waals surface area (Å²) in [6, 6.07) is 16.9. The van der Waals surface area contributed by atoms with E-state index < -0.39 is 0 Å². The zero-order chi connectivity index (χ0) is 18.9. The molecule has 2 aliphatic carbocycles. The Kier molecular flexibility index (Phi) is 9.33. The Balaban J connectivity index is 0.000000601. The van der Waals surface area contributed by atoms with Gasteiger partial charge in [-0.15, -0.1) is 11.1 Å². The van der Waals surface area contributed by atoms with Gasteiger partial charge in [0.05, 0.1) is 0 Å². The van der Waals surface area contributed by atoms with Gasteiger partial charge in [-0.3, -0.25) is 0 Å². The first-order chi connectivity index (χ1) is 12.3. The van der Waals surface area contributed by atoms with E-state index in [2.05, 4.69) is 95.3 Å². The van der Waals surface area contributed by atoms with Crippen LogP contribution in [0.25, 0.3) is 11.1 Å². The summed E-state index contributed by atoms with van der Waals surface area (Å²) in [5, 5.41) is 0. The molecule has 0 saturated carbocycles. The van der Waals surface area contributed by atoms with E-state index in [9.17, 15) is 0 Å².